The zero-order valence-corrected chi connectivity index (χ0v) is 12.1. The van der Waals surface area contributed by atoms with E-state index in [-0.39, 0.29) is 0 Å². The topological polar surface area (TPSA) is 44.5 Å². The van der Waals surface area contributed by atoms with Gasteiger partial charge in [0.05, 0.1) is 6.54 Å². The van der Waals surface area contributed by atoms with E-state index in [2.05, 4.69) is 18.8 Å². The van der Waals surface area contributed by atoms with Gasteiger partial charge in [0, 0.05) is 5.56 Å². The minimum atomic E-state index is 0.370. The van der Waals surface area contributed by atoms with Gasteiger partial charge >= 0.3 is 0 Å². The predicted molar refractivity (Wildman–Crippen MR) is 84.5 cm³/mol. The Kier molecular flexibility index (Phi) is 5.69. The number of aryl methyl sites for hydroxylation is 1. The molecule has 3 heteroatoms. The zero-order chi connectivity index (χ0) is 14.9. The van der Waals surface area contributed by atoms with Crippen LogP contribution in [0.3, 0.4) is 0 Å². The van der Waals surface area contributed by atoms with Crippen LogP contribution < -0.4 is 15.2 Å². The van der Waals surface area contributed by atoms with Crippen molar-refractivity contribution in [1.29, 1.82) is 0 Å². The molecule has 0 unspecified atom stereocenters. The summed E-state index contributed by atoms with van der Waals surface area (Å²) in [6, 6.07) is 15.6. The molecule has 108 valence electrons. The highest BCUT2D eigenvalue weighted by molar-refractivity contribution is 5.38. The summed E-state index contributed by atoms with van der Waals surface area (Å²) in [7, 11) is 0. The fraction of sp³-hybridized carbons (Fsp3) is 0.222. The van der Waals surface area contributed by atoms with Gasteiger partial charge in [0.25, 0.3) is 0 Å². The summed E-state index contributed by atoms with van der Waals surface area (Å²) < 4.78 is 11.2. The van der Waals surface area contributed by atoms with Crippen LogP contribution in [0.25, 0.3) is 0 Å². The van der Waals surface area contributed by atoms with E-state index in [1.54, 1.807) is 0 Å². The molecule has 0 atom stereocenters. The molecule has 0 spiro atoms. The van der Waals surface area contributed by atoms with E-state index in [0.29, 0.717) is 19.8 Å². The number of benzene rings is 2. The molecule has 0 radical (unpaired) electrons. The van der Waals surface area contributed by atoms with Gasteiger partial charge in [-0.1, -0.05) is 29.5 Å². The summed E-state index contributed by atoms with van der Waals surface area (Å²) in [5.74, 6) is 7.45. The molecular weight excluding hydrogens is 262 g/mol. The van der Waals surface area contributed by atoms with Gasteiger partial charge in [-0.05, 0) is 43.3 Å². The third-order valence-corrected chi connectivity index (χ3v) is 2.83. The third-order valence-electron chi connectivity index (χ3n) is 2.83. The van der Waals surface area contributed by atoms with Gasteiger partial charge in [0.2, 0.25) is 0 Å². The van der Waals surface area contributed by atoms with Gasteiger partial charge in [-0.25, -0.2) is 0 Å². The van der Waals surface area contributed by atoms with E-state index in [0.717, 1.165) is 17.1 Å². The molecule has 21 heavy (non-hydrogen) atoms. The molecular formula is C18H19NO2. The van der Waals surface area contributed by atoms with E-state index < -0.39 is 0 Å². The third kappa shape index (κ3) is 5.21. The van der Waals surface area contributed by atoms with Crippen molar-refractivity contribution in [3.8, 4) is 23.3 Å². The van der Waals surface area contributed by atoms with Crippen molar-refractivity contribution < 1.29 is 9.47 Å². The second-order valence-electron chi connectivity index (χ2n) is 4.54. The Morgan fingerprint density at radius 3 is 1.90 bits per heavy atom. The first-order chi connectivity index (χ1) is 10.3. The summed E-state index contributed by atoms with van der Waals surface area (Å²) in [6.07, 6.45) is 0. The van der Waals surface area contributed by atoms with Crippen LogP contribution in [0, 0.1) is 18.8 Å². The molecule has 0 aliphatic rings. The molecule has 2 aromatic rings. The molecule has 0 saturated carbocycles. The highest BCUT2D eigenvalue weighted by Gasteiger charge is 1.96. The first-order valence-corrected chi connectivity index (χ1v) is 6.89. The maximum Gasteiger partial charge on any atom is 0.122 e. The normalized spacial score (nSPS) is 9.62. The van der Waals surface area contributed by atoms with Crippen LogP contribution in [0.5, 0.6) is 11.5 Å². The maximum atomic E-state index is 5.61. The summed E-state index contributed by atoms with van der Waals surface area (Å²) in [5.41, 5.74) is 7.48. The lowest BCUT2D eigenvalue weighted by atomic mass is 10.2. The minimum absolute atomic E-state index is 0.370. The number of rotatable bonds is 5. The molecule has 2 aromatic carbocycles. The first kappa shape index (κ1) is 15.0. The van der Waals surface area contributed by atoms with E-state index in [1.807, 2.05) is 48.5 Å². The van der Waals surface area contributed by atoms with Gasteiger partial charge in [-0.3, -0.25) is 0 Å². The van der Waals surface area contributed by atoms with Crippen LogP contribution in [0.4, 0.5) is 0 Å². The Morgan fingerprint density at radius 1 is 0.857 bits per heavy atom. The molecule has 0 heterocycles. The van der Waals surface area contributed by atoms with E-state index in [1.165, 1.54) is 5.56 Å². The highest BCUT2D eigenvalue weighted by atomic mass is 16.5. The summed E-state index contributed by atoms with van der Waals surface area (Å²) >= 11 is 0. The highest BCUT2D eigenvalue weighted by Crippen LogP contribution is 2.13. The summed E-state index contributed by atoms with van der Waals surface area (Å²) in [4.78, 5) is 0. The molecule has 2 N–H and O–H groups in total. The maximum absolute atomic E-state index is 5.61. The van der Waals surface area contributed by atoms with Crippen LogP contribution in [-0.2, 0) is 0 Å². The standard InChI is InChI=1S/C18H19NO2/c1-15-4-8-17(9-5-15)20-13-14-21-18-10-6-16(7-11-18)3-2-12-19/h4-11H,12-14,19H2,1H3. The molecule has 0 fully saturated rings. The van der Waals surface area contributed by atoms with E-state index >= 15 is 0 Å². The lowest BCUT2D eigenvalue weighted by Gasteiger charge is -2.08. The molecule has 0 saturated heterocycles. The van der Waals surface area contributed by atoms with Crippen LogP contribution >= 0.6 is 0 Å². The van der Waals surface area contributed by atoms with Gasteiger partial charge in [0.15, 0.2) is 0 Å². The summed E-state index contributed by atoms with van der Waals surface area (Å²) in [5, 5.41) is 0. The van der Waals surface area contributed by atoms with E-state index in [9.17, 15) is 0 Å². The van der Waals surface area contributed by atoms with Crippen LogP contribution in [0.2, 0.25) is 0 Å². The molecule has 0 aromatic heterocycles. The smallest absolute Gasteiger partial charge is 0.122 e. The van der Waals surface area contributed by atoms with Gasteiger partial charge in [-0.15, -0.1) is 0 Å². The van der Waals surface area contributed by atoms with E-state index in [4.69, 9.17) is 15.2 Å². The Labute approximate surface area is 125 Å². The van der Waals surface area contributed by atoms with Crippen molar-refractivity contribution in [2.75, 3.05) is 19.8 Å². The number of hydrogen-bond donors (Lipinski definition) is 1. The largest absolute Gasteiger partial charge is 0.490 e. The van der Waals surface area contributed by atoms with Gasteiger partial charge in [-0.2, -0.15) is 0 Å². The second-order valence-corrected chi connectivity index (χ2v) is 4.54. The Bertz CT molecular complexity index is 606. The molecule has 0 aliphatic carbocycles. The molecule has 3 nitrogen and oxygen atoms in total. The van der Waals surface area contributed by atoms with Crippen LogP contribution in [-0.4, -0.2) is 19.8 Å². The lowest BCUT2D eigenvalue weighted by molar-refractivity contribution is 0.217. The second kappa shape index (κ2) is 7.98. The van der Waals surface area contributed by atoms with Gasteiger partial charge in [0.1, 0.15) is 24.7 Å². The van der Waals surface area contributed by atoms with Crippen molar-refractivity contribution in [1.82, 2.24) is 0 Å². The lowest BCUT2D eigenvalue weighted by Crippen LogP contribution is -2.08. The van der Waals surface area contributed by atoms with Crippen molar-refractivity contribution in [2.24, 2.45) is 5.73 Å². The average molecular weight is 281 g/mol. The van der Waals surface area contributed by atoms with Crippen molar-refractivity contribution >= 4 is 0 Å². The minimum Gasteiger partial charge on any atom is -0.490 e. The fourth-order valence-electron chi connectivity index (χ4n) is 1.74. The monoisotopic (exact) mass is 281 g/mol. The predicted octanol–water partition coefficient (Wildman–Crippen LogP) is 2.76. The number of ether oxygens (including phenoxy) is 2. The Balaban J connectivity index is 1.74. The van der Waals surface area contributed by atoms with Crippen LogP contribution in [0.1, 0.15) is 11.1 Å². The van der Waals surface area contributed by atoms with Crippen molar-refractivity contribution in [3.63, 3.8) is 0 Å². The zero-order valence-electron chi connectivity index (χ0n) is 12.1. The number of hydrogen-bond acceptors (Lipinski definition) is 3. The van der Waals surface area contributed by atoms with Crippen molar-refractivity contribution in [2.45, 2.75) is 6.92 Å². The Morgan fingerprint density at radius 2 is 1.38 bits per heavy atom. The molecule has 0 bridgehead atoms. The average Bonchev–Trinajstić information content (AvgIpc) is 2.52. The Hall–Kier alpha value is -2.44. The SMILES string of the molecule is Cc1ccc(OCCOc2ccc(C#CCN)cc2)cc1. The quantitative estimate of drug-likeness (QED) is 0.677. The first-order valence-electron chi connectivity index (χ1n) is 6.89. The van der Waals surface area contributed by atoms with Crippen molar-refractivity contribution in [3.05, 3.63) is 59.7 Å². The fourth-order valence-corrected chi connectivity index (χ4v) is 1.74. The summed E-state index contributed by atoms with van der Waals surface area (Å²) in [6.45, 7) is 3.43. The molecule has 2 rings (SSSR count). The van der Waals surface area contributed by atoms with Gasteiger partial charge < -0.3 is 15.2 Å². The molecule has 0 amide bonds. The van der Waals surface area contributed by atoms with Crippen LogP contribution in [0.15, 0.2) is 48.5 Å². The molecule has 0 aliphatic heterocycles. The number of nitrogens with two attached hydrogens (primary N) is 1.